The van der Waals surface area contributed by atoms with E-state index in [1.165, 1.54) is 0 Å². The highest BCUT2D eigenvalue weighted by molar-refractivity contribution is 6.67. The van der Waals surface area contributed by atoms with Gasteiger partial charge in [-0.2, -0.15) is 0 Å². The van der Waals surface area contributed by atoms with Crippen LogP contribution in [0.1, 0.15) is 15.9 Å². The first-order chi connectivity index (χ1) is 10.1. The molecule has 0 fully saturated rings. The molecule has 1 heterocycles. The Hall–Kier alpha value is -2.33. The Morgan fingerprint density at radius 3 is 2.57 bits per heavy atom. The number of H-pyrrole nitrogens is 1. The van der Waals surface area contributed by atoms with Crippen molar-refractivity contribution in [1.29, 1.82) is 0 Å². The maximum Gasteiger partial charge on any atom is 0.252 e. The van der Waals surface area contributed by atoms with E-state index in [4.69, 9.17) is 16.3 Å². The lowest BCUT2D eigenvalue weighted by Gasteiger charge is -2.02. The standard InChI is InChI=1S/C16H13ClN2O2/c1-9-7-12-13(8-14(9)21-2)19-16(18-12)11-5-3-10(4-6-11)15(17)20/h3-8H,1-2H3,(H,18,19). The molecule has 0 unspecified atom stereocenters. The van der Waals surface area contributed by atoms with Crippen LogP contribution in [0.4, 0.5) is 0 Å². The normalized spacial score (nSPS) is 10.8. The molecule has 0 atom stereocenters. The van der Waals surface area contributed by atoms with E-state index < -0.39 is 5.24 Å². The summed E-state index contributed by atoms with van der Waals surface area (Å²) >= 11 is 5.44. The van der Waals surface area contributed by atoms with Crippen molar-refractivity contribution in [2.24, 2.45) is 0 Å². The number of aromatic amines is 1. The smallest absolute Gasteiger partial charge is 0.252 e. The molecule has 3 rings (SSSR count). The summed E-state index contributed by atoms with van der Waals surface area (Å²) in [4.78, 5) is 18.9. The van der Waals surface area contributed by atoms with Crippen LogP contribution in [0.3, 0.4) is 0 Å². The van der Waals surface area contributed by atoms with Gasteiger partial charge in [-0.1, -0.05) is 12.1 Å². The number of carbonyl (C=O) groups is 1. The average molecular weight is 301 g/mol. The van der Waals surface area contributed by atoms with E-state index >= 15 is 0 Å². The number of hydrogen-bond acceptors (Lipinski definition) is 3. The molecule has 0 saturated heterocycles. The Morgan fingerprint density at radius 1 is 1.24 bits per heavy atom. The van der Waals surface area contributed by atoms with Crippen LogP contribution in [-0.2, 0) is 0 Å². The molecule has 1 aromatic heterocycles. The van der Waals surface area contributed by atoms with Crippen LogP contribution in [0.15, 0.2) is 36.4 Å². The number of halogens is 1. The summed E-state index contributed by atoms with van der Waals surface area (Å²) < 4.78 is 5.30. The van der Waals surface area contributed by atoms with Crippen molar-refractivity contribution in [2.45, 2.75) is 6.92 Å². The van der Waals surface area contributed by atoms with Gasteiger partial charge < -0.3 is 9.72 Å². The predicted molar refractivity (Wildman–Crippen MR) is 83.0 cm³/mol. The molecule has 0 bridgehead atoms. The van der Waals surface area contributed by atoms with Crippen LogP contribution in [0.25, 0.3) is 22.4 Å². The largest absolute Gasteiger partial charge is 0.496 e. The van der Waals surface area contributed by atoms with Crippen LogP contribution in [0.2, 0.25) is 0 Å². The van der Waals surface area contributed by atoms with E-state index in [-0.39, 0.29) is 0 Å². The lowest BCUT2D eigenvalue weighted by atomic mass is 10.1. The molecule has 2 aromatic carbocycles. The summed E-state index contributed by atoms with van der Waals surface area (Å²) in [5.41, 5.74) is 4.19. The first-order valence-electron chi connectivity index (χ1n) is 6.43. The summed E-state index contributed by atoms with van der Waals surface area (Å²) in [5, 5.41) is -0.466. The van der Waals surface area contributed by atoms with E-state index in [9.17, 15) is 4.79 Å². The second-order valence-electron chi connectivity index (χ2n) is 4.78. The lowest BCUT2D eigenvalue weighted by Crippen LogP contribution is -1.88. The summed E-state index contributed by atoms with van der Waals surface area (Å²) in [6, 6.07) is 10.9. The number of benzene rings is 2. The average Bonchev–Trinajstić information content (AvgIpc) is 2.89. The molecule has 0 aliphatic carbocycles. The molecule has 21 heavy (non-hydrogen) atoms. The van der Waals surface area contributed by atoms with E-state index in [2.05, 4.69) is 9.97 Å². The van der Waals surface area contributed by atoms with Crippen molar-refractivity contribution in [3.8, 4) is 17.1 Å². The highest BCUT2D eigenvalue weighted by Crippen LogP contribution is 2.27. The van der Waals surface area contributed by atoms with Gasteiger partial charge in [-0.15, -0.1) is 0 Å². The number of fused-ring (bicyclic) bond motifs is 1. The van der Waals surface area contributed by atoms with Crippen LogP contribution < -0.4 is 4.74 Å². The molecule has 0 saturated carbocycles. The summed E-state index contributed by atoms with van der Waals surface area (Å²) in [6.07, 6.45) is 0. The van der Waals surface area contributed by atoms with E-state index in [0.717, 1.165) is 33.7 Å². The van der Waals surface area contributed by atoms with Crippen molar-refractivity contribution in [2.75, 3.05) is 7.11 Å². The third-order valence-corrected chi connectivity index (χ3v) is 3.60. The van der Waals surface area contributed by atoms with Gasteiger partial charge in [0.15, 0.2) is 0 Å². The van der Waals surface area contributed by atoms with Crippen LogP contribution in [0, 0.1) is 6.92 Å². The molecule has 0 radical (unpaired) electrons. The Kier molecular flexibility index (Phi) is 3.39. The molecular weight excluding hydrogens is 288 g/mol. The summed E-state index contributed by atoms with van der Waals surface area (Å²) in [6.45, 7) is 1.99. The van der Waals surface area contributed by atoms with Crippen LogP contribution >= 0.6 is 11.6 Å². The van der Waals surface area contributed by atoms with Gasteiger partial charge in [0.25, 0.3) is 5.24 Å². The molecule has 0 amide bonds. The van der Waals surface area contributed by atoms with Gasteiger partial charge in [0.05, 0.1) is 18.1 Å². The van der Waals surface area contributed by atoms with Gasteiger partial charge >= 0.3 is 0 Å². The van der Waals surface area contributed by atoms with Crippen LogP contribution in [-0.4, -0.2) is 22.3 Å². The first-order valence-corrected chi connectivity index (χ1v) is 6.81. The van der Waals surface area contributed by atoms with E-state index in [1.54, 1.807) is 19.2 Å². The highest BCUT2D eigenvalue weighted by atomic mass is 35.5. The zero-order valence-electron chi connectivity index (χ0n) is 11.6. The molecule has 0 spiro atoms. The maximum absolute atomic E-state index is 11.1. The molecular formula is C16H13ClN2O2. The quantitative estimate of drug-likeness (QED) is 0.746. The highest BCUT2D eigenvalue weighted by Gasteiger charge is 2.09. The molecule has 1 N–H and O–H groups in total. The topological polar surface area (TPSA) is 55.0 Å². The summed E-state index contributed by atoms with van der Waals surface area (Å²) in [5.74, 6) is 1.55. The lowest BCUT2D eigenvalue weighted by molar-refractivity contribution is 0.108. The third kappa shape index (κ3) is 2.50. The number of nitrogens with zero attached hydrogens (tertiary/aromatic N) is 1. The SMILES string of the molecule is COc1cc2nc(-c3ccc(C(=O)Cl)cc3)[nH]c2cc1C. The van der Waals surface area contributed by atoms with Gasteiger partial charge in [-0.3, -0.25) is 4.79 Å². The minimum Gasteiger partial charge on any atom is -0.496 e. The monoisotopic (exact) mass is 300 g/mol. The third-order valence-electron chi connectivity index (χ3n) is 3.38. The van der Waals surface area contributed by atoms with Gasteiger partial charge in [0.2, 0.25) is 0 Å². The van der Waals surface area contributed by atoms with Gasteiger partial charge in [0, 0.05) is 17.2 Å². The zero-order chi connectivity index (χ0) is 15.0. The zero-order valence-corrected chi connectivity index (χ0v) is 12.4. The minimum atomic E-state index is -0.466. The van der Waals surface area contributed by atoms with Crippen molar-refractivity contribution >= 4 is 27.9 Å². The number of imidazole rings is 1. The van der Waals surface area contributed by atoms with Crippen molar-refractivity contribution < 1.29 is 9.53 Å². The number of hydrogen-bond donors (Lipinski definition) is 1. The summed E-state index contributed by atoms with van der Waals surface area (Å²) in [7, 11) is 1.64. The number of rotatable bonds is 3. The fraction of sp³-hybridized carbons (Fsp3) is 0.125. The number of nitrogens with one attached hydrogen (secondary N) is 1. The minimum absolute atomic E-state index is 0.466. The van der Waals surface area contributed by atoms with Crippen molar-refractivity contribution in [3.63, 3.8) is 0 Å². The van der Waals surface area contributed by atoms with Gasteiger partial charge in [0.1, 0.15) is 11.6 Å². The van der Waals surface area contributed by atoms with Gasteiger partial charge in [-0.25, -0.2) is 4.98 Å². The molecule has 0 aliphatic rings. The Bertz CT molecular complexity index is 822. The molecule has 5 heteroatoms. The molecule has 106 valence electrons. The maximum atomic E-state index is 11.1. The van der Waals surface area contributed by atoms with E-state index in [1.807, 2.05) is 31.2 Å². The Morgan fingerprint density at radius 2 is 1.95 bits per heavy atom. The molecule has 3 aromatic rings. The second-order valence-corrected chi connectivity index (χ2v) is 5.12. The number of ether oxygens (including phenoxy) is 1. The Balaban J connectivity index is 2.06. The van der Waals surface area contributed by atoms with Crippen molar-refractivity contribution in [3.05, 3.63) is 47.5 Å². The first kappa shape index (κ1) is 13.6. The fourth-order valence-corrected chi connectivity index (χ4v) is 2.39. The Labute approximate surface area is 126 Å². The van der Waals surface area contributed by atoms with Crippen molar-refractivity contribution in [1.82, 2.24) is 9.97 Å². The number of aromatic nitrogens is 2. The predicted octanol–water partition coefficient (Wildman–Crippen LogP) is 3.93. The van der Waals surface area contributed by atoms with Crippen LogP contribution in [0.5, 0.6) is 5.75 Å². The number of methoxy groups -OCH3 is 1. The second kappa shape index (κ2) is 5.22. The molecule has 4 nitrogen and oxygen atoms in total. The fourth-order valence-electron chi connectivity index (χ4n) is 2.26. The number of carbonyl (C=O) groups excluding carboxylic acids is 1. The molecule has 0 aliphatic heterocycles. The number of aryl methyl sites for hydroxylation is 1. The van der Waals surface area contributed by atoms with Gasteiger partial charge in [-0.05, 0) is 42.3 Å². The van der Waals surface area contributed by atoms with E-state index in [0.29, 0.717) is 5.56 Å².